The van der Waals surface area contributed by atoms with Crippen LogP contribution in [0.3, 0.4) is 0 Å². The van der Waals surface area contributed by atoms with Crippen molar-refractivity contribution < 1.29 is 14.4 Å². The van der Waals surface area contributed by atoms with E-state index in [1.807, 2.05) is 44.2 Å². The van der Waals surface area contributed by atoms with Crippen LogP contribution in [0.25, 0.3) is 0 Å². The highest BCUT2D eigenvalue weighted by atomic mass is 16.5. The van der Waals surface area contributed by atoms with E-state index >= 15 is 0 Å². The number of hydrogen-bond acceptors (Lipinski definition) is 5. The molecule has 102 valence electrons. The van der Waals surface area contributed by atoms with E-state index < -0.39 is 6.10 Å². The Morgan fingerprint density at radius 1 is 1.21 bits per heavy atom. The molecule has 0 saturated carbocycles. The van der Waals surface area contributed by atoms with Gasteiger partial charge >= 0.3 is 0 Å². The second-order valence-electron chi connectivity index (χ2n) is 4.70. The Morgan fingerprint density at radius 3 is 2.47 bits per heavy atom. The summed E-state index contributed by atoms with van der Waals surface area (Å²) in [5.74, 6) is 0.871. The molecular weight excluding hydrogens is 244 g/mol. The Morgan fingerprint density at radius 2 is 1.89 bits per heavy atom. The van der Waals surface area contributed by atoms with Crippen molar-refractivity contribution in [2.24, 2.45) is 5.92 Å². The van der Waals surface area contributed by atoms with Crippen molar-refractivity contribution in [3.05, 3.63) is 47.6 Å². The van der Waals surface area contributed by atoms with Crippen molar-refractivity contribution in [1.82, 2.24) is 10.1 Å². The lowest BCUT2D eigenvalue weighted by Crippen LogP contribution is -2.11. The SMILES string of the molecule is COC(c1noc(C(O)c2ccccc2)n1)C(C)C. The lowest BCUT2D eigenvalue weighted by atomic mass is 10.1. The van der Waals surface area contributed by atoms with Crippen molar-refractivity contribution in [3.63, 3.8) is 0 Å². The Kier molecular flexibility index (Phi) is 4.29. The van der Waals surface area contributed by atoms with E-state index in [-0.39, 0.29) is 17.9 Å². The summed E-state index contributed by atoms with van der Waals surface area (Å²) < 4.78 is 10.5. The highest BCUT2D eigenvalue weighted by molar-refractivity contribution is 5.21. The number of hydrogen-bond donors (Lipinski definition) is 1. The average Bonchev–Trinajstić information content (AvgIpc) is 2.89. The summed E-state index contributed by atoms with van der Waals surface area (Å²) in [6.07, 6.45) is -1.15. The zero-order valence-electron chi connectivity index (χ0n) is 11.3. The summed E-state index contributed by atoms with van der Waals surface area (Å²) in [4.78, 5) is 4.23. The van der Waals surface area contributed by atoms with Crippen molar-refractivity contribution >= 4 is 0 Å². The predicted octanol–water partition coefficient (Wildman–Crippen LogP) is 2.49. The number of aliphatic hydroxyl groups is 1. The van der Waals surface area contributed by atoms with Gasteiger partial charge in [0.1, 0.15) is 6.10 Å². The molecule has 0 aliphatic heterocycles. The molecule has 2 atom stereocenters. The largest absolute Gasteiger partial charge is 0.378 e. The highest BCUT2D eigenvalue weighted by Crippen LogP contribution is 2.25. The fourth-order valence-corrected chi connectivity index (χ4v) is 1.93. The third-order valence-electron chi connectivity index (χ3n) is 2.92. The van der Waals surface area contributed by atoms with Crippen molar-refractivity contribution in [2.75, 3.05) is 7.11 Å². The zero-order chi connectivity index (χ0) is 13.8. The average molecular weight is 262 g/mol. The molecule has 19 heavy (non-hydrogen) atoms. The van der Waals surface area contributed by atoms with Gasteiger partial charge in [0.15, 0.2) is 6.10 Å². The second-order valence-corrected chi connectivity index (χ2v) is 4.70. The standard InChI is InChI=1S/C14H18N2O3/c1-9(2)12(18-3)13-15-14(19-16-13)11(17)10-7-5-4-6-8-10/h4-9,11-12,17H,1-3H3. The van der Waals surface area contributed by atoms with Crippen LogP contribution in [0, 0.1) is 5.92 Å². The van der Waals surface area contributed by atoms with Crippen LogP contribution in [0.1, 0.15) is 43.3 Å². The maximum atomic E-state index is 10.2. The molecule has 0 aliphatic rings. The minimum absolute atomic E-state index is 0.184. The first-order valence-corrected chi connectivity index (χ1v) is 6.22. The molecule has 0 spiro atoms. The van der Waals surface area contributed by atoms with E-state index in [4.69, 9.17) is 9.26 Å². The van der Waals surface area contributed by atoms with Crippen LogP contribution < -0.4 is 0 Å². The van der Waals surface area contributed by atoms with Crippen LogP contribution >= 0.6 is 0 Å². The number of nitrogens with zero attached hydrogens (tertiary/aromatic N) is 2. The normalized spacial score (nSPS) is 14.6. The van der Waals surface area contributed by atoms with E-state index in [1.54, 1.807) is 7.11 Å². The molecule has 0 saturated heterocycles. The molecule has 1 aromatic carbocycles. The molecule has 1 N–H and O–H groups in total. The fraction of sp³-hybridized carbons (Fsp3) is 0.429. The van der Waals surface area contributed by atoms with Crippen LogP contribution in [0.5, 0.6) is 0 Å². The molecular formula is C14H18N2O3. The van der Waals surface area contributed by atoms with Crippen LogP contribution in [0.15, 0.2) is 34.9 Å². The van der Waals surface area contributed by atoms with E-state index in [2.05, 4.69) is 10.1 Å². The molecule has 2 rings (SSSR count). The van der Waals surface area contributed by atoms with E-state index in [1.165, 1.54) is 0 Å². The first-order chi connectivity index (χ1) is 9.13. The van der Waals surface area contributed by atoms with E-state index in [0.29, 0.717) is 5.82 Å². The molecule has 0 radical (unpaired) electrons. The zero-order valence-corrected chi connectivity index (χ0v) is 11.3. The Labute approximate surface area is 112 Å². The van der Waals surface area contributed by atoms with Crippen LogP contribution in [-0.4, -0.2) is 22.4 Å². The van der Waals surface area contributed by atoms with E-state index in [0.717, 1.165) is 5.56 Å². The quantitative estimate of drug-likeness (QED) is 0.896. The molecule has 2 aromatic rings. The van der Waals surface area contributed by atoms with Gasteiger partial charge in [-0.05, 0) is 11.5 Å². The van der Waals surface area contributed by atoms with Crippen LogP contribution in [0.4, 0.5) is 0 Å². The monoisotopic (exact) mass is 262 g/mol. The van der Waals surface area contributed by atoms with Gasteiger partial charge < -0.3 is 14.4 Å². The summed E-state index contributed by atoms with van der Waals surface area (Å²) in [5.41, 5.74) is 0.719. The Hall–Kier alpha value is -1.72. The van der Waals surface area contributed by atoms with Gasteiger partial charge in [0.25, 0.3) is 5.89 Å². The third kappa shape index (κ3) is 3.00. The molecule has 2 unspecified atom stereocenters. The van der Waals surface area contributed by atoms with Crippen molar-refractivity contribution in [1.29, 1.82) is 0 Å². The molecule has 5 nitrogen and oxygen atoms in total. The summed E-state index contributed by atoms with van der Waals surface area (Å²) in [5, 5.41) is 14.0. The van der Waals surface area contributed by atoms with E-state index in [9.17, 15) is 5.11 Å². The molecule has 1 heterocycles. The topological polar surface area (TPSA) is 68.4 Å². The molecule has 0 bridgehead atoms. The van der Waals surface area contributed by atoms with Gasteiger partial charge in [0, 0.05) is 7.11 Å². The van der Waals surface area contributed by atoms with Crippen molar-refractivity contribution in [2.45, 2.75) is 26.1 Å². The predicted molar refractivity (Wildman–Crippen MR) is 69.4 cm³/mol. The Balaban J connectivity index is 2.21. The minimum atomic E-state index is -0.910. The van der Waals surface area contributed by atoms with Gasteiger partial charge in [-0.15, -0.1) is 0 Å². The molecule has 1 aromatic heterocycles. The first kappa shape index (κ1) is 13.7. The lowest BCUT2D eigenvalue weighted by molar-refractivity contribution is 0.0555. The maximum absolute atomic E-state index is 10.2. The minimum Gasteiger partial charge on any atom is -0.378 e. The van der Waals surface area contributed by atoms with Gasteiger partial charge in [-0.1, -0.05) is 49.3 Å². The molecule has 5 heteroatoms. The third-order valence-corrected chi connectivity index (χ3v) is 2.92. The molecule has 0 aliphatic carbocycles. The lowest BCUT2D eigenvalue weighted by Gasteiger charge is -2.14. The Bertz CT molecular complexity index is 510. The summed E-state index contributed by atoms with van der Waals surface area (Å²) in [6, 6.07) is 9.20. The fourth-order valence-electron chi connectivity index (χ4n) is 1.93. The number of ether oxygens (including phenoxy) is 1. The maximum Gasteiger partial charge on any atom is 0.260 e. The summed E-state index contributed by atoms with van der Waals surface area (Å²) in [6.45, 7) is 4.02. The van der Waals surface area contributed by atoms with Gasteiger partial charge in [-0.2, -0.15) is 4.98 Å². The van der Waals surface area contributed by atoms with Crippen LogP contribution in [0.2, 0.25) is 0 Å². The number of benzene rings is 1. The van der Waals surface area contributed by atoms with Gasteiger partial charge in [-0.3, -0.25) is 0 Å². The number of aromatic nitrogens is 2. The second kappa shape index (κ2) is 5.95. The van der Waals surface area contributed by atoms with Gasteiger partial charge in [-0.25, -0.2) is 0 Å². The van der Waals surface area contributed by atoms with Gasteiger partial charge in [0.2, 0.25) is 5.82 Å². The highest BCUT2D eigenvalue weighted by Gasteiger charge is 2.24. The number of methoxy groups -OCH3 is 1. The van der Waals surface area contributed by atoms with Gasteiger partial charge in [0.05, 0.1) is 0 Å². The number of rotatable bonds is 5. The van der Waals surface area contributed by atoms with Crippen molar-refractivity contribution in [3.8, 4) is 0 Å². The smallest absolute Gasteiger partial charge is 0.260 e. The molecule has 0 fully saturated rings. The van der Waals surface area contributed by atoms with Crippen LogP contribution in [-0.2, 0) is 4.74 Å². The summed E-state index contributed by atoms with van der Waals surface area (Å²) >= 11 is 0. The number of aliphatic hydroxyl groups excluding tert-OH is 1. The summed E-state index contributed by atoms with van der Waals surface area (Å²) in [7, 11) is 1.61. The molecule has 0 amide bonds. The first-order valence-electron chi connectivity index (χ1n) is 6.22.